The first-order valence-electron chi connectivity index (χ1n) is 15.2. The lowest BCUT2D eigenvalue weighted by atomic mass is 9.94. The van der Waals surface area contributed by atoms with Crippen molar-refractivity contribution in [1.29, 1.82) is 0 Å². The van der Waals surface area contributed by atoms with Gasteiger partial charge < -0.3 is 14.6 Å². The summed E-state index contributed by atoms with van der Waals surface area (Å²) < 4.78 is 12.6. The fourth-order valence-electron chi connectivity index (χ4n) is 5.77. The second-order valence-corrected chi connectivity index (χ2v) is 13.8. The average Bonchev–Trinajstić information content (AvgIpc) is 3.78. The first kappa shape index (κ1) is 30.7. The van der Waals surface area contributed by atoms with Gasteiger partial charge in [-0.25, -0.2) is 0 Å². The van der Waals surface area contributed by atoms with Crippen LogP contribution in [0.3, 0.4) is 0 Å². The van der Waals surface area contributed by atoms with Gasteiger partial charge in [-0.2, -0.15) is 0 Å². The molecular formula is C37H31N3O5S2. The Balaban J connectivity index is 1.25. The van der Waals surface area contributed by atoms with E-state index in [0.29, 0.717) is 40.0 Å². The molecule has 0 unspecified atom stereocenters. The molecule has 47 heavy (non-hydrogen) atoms. The summed E-state index contributed by atoms with van der Waals surface area (Å²) in [4.78, 5) is 28.9. The molecule has 10 heteroatoms. The molecule has 8 nitrogen and oxygen atoms in total. The molecule has 2 aliphatic rings. The highest BCUT2D eigenvalue weighted by Gasteiger charge is 2.48. The monoisotopic (exact) mass is 661 g/mol. The Morgan fingerprint density at radius 3 is 2.60 bits per heavy atom. The zero-order valence-electron chi connectivity index (χ0n) is 25.8. The summed E-state index contributed by atoms with van der Waals surface area (Å²) in [6, 6.07) is 29.7. The van der Waals surface area contributed by atoms with Crippen LogP contribution in [0.15, 0.2) is 107 Å². The van der Waals surface area contributed by atoms with Crippen molar-refractivity contribution in [3.8, 4) is 11.5 Å². The Bertz CT molecular complexity index is 1990. The van der Waals surface area contributed by atoms with Crippen LogP contribution in [-0.2, 0) is 28.4 Å². The van der Waals surface area contributed by atoms with E-state index in [-0.39, 0.29) is 22.6 Å². The van der Waals surface area contributed by atoms with Crippen molar-refractivity contribution < 1.29 is 24.2 Å². The Morgan fingerprint density at radius 2 is 1.79 bits per heavy atom. The zero-order valence-corrected chi connectivity index (χ0v) is 27.4. The summed E-state index contributed by atoms with van der Waals surface area (Å²) in [6.07, 6.45) is 0.699. The van der Waals surface area contributed by atoms with Gasteiger partial charge in [0.05, 0.1) is 11.6 Å². The molecule has 0 aliphatic carbocycles. The highest BCUT2D eigenvalue weighted by molar-refractivity contribution is 8.00. The lowest BCUT2D eigenvalue weighted by Gasteiger charge is -2.23. The second kappa shape index (κ2) is 13.1. The lowest BCUT2D eigenvalue weighted by molar-refractivity contribution is -0.132. The molecule has 1 saturated heterocycles. The number of ether oxygens (including phenoxy) is 2. The van der Waals surface area contributed by atoms with Crippen LogP contribution < -0.4 is 14.4 Å². The van der Waals surface area contributed by atoms with Crippen molar-refractivity contribution in [2.24, 2.45) is 0 Å². The number of fused-ring (bicyclic) bond motifs is 1. The molecule has 2 aliphatic heterocycles. The molecule has 5 aromatic rings. The second-order valence-electron chi connectivity index (χ2n) is 11.6. The van der Waals surface area contributed by atoms with Gasteiger partial charge in [-0.05, 0) is 66.4 Å². The highest BCUT2D eigenvalue weighted by Crippen LogP contribution is 2.45. The van der Waals surface area contributed by atoms with Crippen LogP contribution in [0.5, 0.6) is 11.5 Å². The molecule has 0 radical (unpaired) electrons. The van der Waals surface area contributed by atoms with Crippen molar-refractivity contribution >= 4 is 45.7 Å². The van der Waals surface area contributed by atoms with Crippen molar-refractivity contribution in [2.45, 2.75) is 49.1 Å². The van der Waals surface area contributed by atoms with E-state index in [0.717, 1.165) is 22.4 Å². The first-order chi connectivity index (χ1) is 22.8. The van der Waals surface area contributed by atoms with Gasteiger partial charge in [0.2, 0.25) is 5.13 Å². The normalized spacial score (nSPS) is 18.3. The summed E-state index contributed by atoms with van der Waals surface area (Å²) in [5, 5.41) is 20.7. The van der Waals surface area contributed by atoms with Crippen LogP contribution in [0.25, 0.3) is 5.76 Å². The smallest absolute Gasteiger partial charge is 0.301 e. The van der Waals surface area contributed by atoms with Crippen molar-refractivity contribution in [3.63, 3.8) is 0 Å². The molecular weight excluding hydrogens is 631 g/mol. The fourth-order valence-corrected chi connectivity index (χ4v) is 7.60. The van der Waals surface area contributed by atoms with Crippen LogP contribution in [0.1, 0.15) is 46.3 Å². The van der Waals surface area contributed by atoms with E-state index in [1.807, 2.05) is 68.4 Å². The standard InChI is InChI=1S/C37H31N3O5S2/c1-22-11-13-25(14-12-22)21-46-37-39-38-36(47-37)40-32(26-9-6-10-29(19-26)44-20-24-7-4-3-5-8-24)31(34(42)35(40)43)33(41)27-15-16-30-28(18-27)17-23(2)45-30/h3-16,18-19,23,32,41H,17,20-21H2,1-2H3/t23-,32+/m1/s1. The van der Waals surface area contributed by atoms with Gasteiger partial charge in [0.1, 0.15) is 30.0 Å². The highest BCUT2D eigenvalue weighted by atomic mass is 32.2. The number of carbonyl (C=O) groups is 2. The number of hydrogen-bond acceptors (Lipinski definition) is 9. The Kier molecular flexibility index (Phi) is 8.53. The van der Waals surface area contributed by atoms with E-state index in [1.165, 1.54) is 33.6 Å². The molecule has 3 heterocycles. The number of carbonyl (C=O) groups excluding carboxylic acids is 2. The summed E-state index contributed by atoms with van der Waals surface area (Å²) in [5.74, 6) is 0.158. The van der Waals surface area contributed by atoms with E-state index in [1.54, 1.807) is 18.2 Å². The maximum Gasteiger partial charge on any atom is 0.301 e. The predicted molar refractivity (Wildman–Crippen MR) is 183 cm³/mol. The SMILES string of the molecule is Cc1ccc(CSc2nnc(N3C(=O)C(=O)C(=C(O)c4ccc5c(c4)C[C@@H](C)O5)[C@@H]3c3cccc(OCc4ccccc4)c3)s2)cc1. The lowest BCUT2D eigenvalue weighted by Crippen LogP contribution is -2.29. The Hall–Kier alpha value is -4.93. The number of nitrogens with zero attached hydrogens (tertiary/aromatic N) is 3. The number of aliphatic hydroxyl groups excluding tert-OH is 1. The number of thioether (sulfide) groups is 1. The molecule has 0 saturated carbocycles. The molecule has 1 amide bonds. The molecule has 2 atom stereocenters. The summed E-state index contributed by atoms with van der Waals surface area (Å²) in [7, 11) is 0. The number of aromatic nitrogens is 2. The number of amides is 1. The Morgan fingerprint density at radius 1 is 0.979 bits per heavy atom. The first-order valence-corrected chi connectivity index (χ1v) is 17.0. The summed E-state index contributed by atoms with van der Waals surface area (Å²) in [6.45, 7) is 4.37. The minimum atomic E-state index is -0.957. The van der Waals surface area contributed by atoms with Gasteiger partial charge in [-0.3, -0.25) is 14.5 Å². The minimum Gasteiger partial charge on any atom is -0.507 e. The third-order valence-electron chi connectivity index (χ3n) is 8.12. The number of Topliss-reactive ketones (excluding diaryl/α,β-unsaturated/α-hetero) is 1. The largest absolute Gasteiger partial charge is 0.507 e. The number of benzene rings is 4. The van der Waals surface area contributed by atoms with Crippen molar-refractivity contribution in [3.05, 3.63) is 136 Å². The topological polar surface area (TPSA) is 102 Å². The van der Waals surface area contributed by atoms with Gasteiger partial charge in [0.15, 0.2) is 4.34 Å². The van der Waals surface area contributed by atoms with Crippen molar-refractivity contribution in [2.75, 3.05) is 4.90 Å². The van der Waals surface area contributed by atoms with Crippen LogP contribution in [0.4, 0.5) is 5.13 Å². The maximum absolute atomic E-state index is 13.8. The minimum absolute atomic E-state index is 0.0158. The molecule has 0 spiro atoms. The number of anilines is 1. The summed E-state index contributed by atoms with van der Waals surface area (Å²) in [5.41, 5.74) is 5.27. The van der Waals surface area contributed by atoms with Crippen LogP contribution >= 0.6 is 23.1 Å². The molecule has 236 valence electrons. The van der Waals surface area contributed by atoms with Gasteiger partial charge >= 0.3 is 5.91 Å². The zero-order chi connectivity index (χ0) is 32.5. The quantitative estimate of drug-likeness (QED) is 0.0565. The number of aryl methyl sites for hydroxylation is 1. The Labute approximate surface area is 280 Å². The van der Waals surface area contributed by atoms with Gasteiger partial charge in [0.25, 0.3) is 5.78 Å². The number of hydrogen-bond donors (Lipinski definition) is 1. The number of aliphatic hydroxyl groups is 1. The van der Waals surface area contributed by atoms with E-state index in [4.69, 9.17) is 9.47 Å². The maximum atomic E-state index is 13.8. The molecule has 1 fully saturated rings. The third kappa shape index (κ3) is 6.39. The van der Waals surface area contributed by atoms with Crippen LogP contribution in [0.2, 0.25) is 0 Å². The van der Waals surface area contributed by atoms with Gasteiger partial charge in [-0.15, -0.1) is 10.2 Å². The van der Waals surface area contributed by atoms with Gasteiger partial charge in [0, 0.05) is 17.7 Å². The third-order valence-corrected chi connectivity index (χ3v) is 10.2. The summed E-state index contributed by atoms with van der Waals surface area (Å²) >= 11 is 2.75. The molecule has 7 rings (SSSR count). The van der Waals surface area contributed by atoms with Crippen LogP contribution in [-0.4, -0.2) is 33.1 Å². The van der Waals surface area contributed by atoms with Gasteiger partial charge in [-0.1, -0.05) is 95.4 Å². The van der Waals surface area contributed by atoms with Crippen molar-refractivity contribution in [1.82, 2.24) is 10.2 Å². The van der Waals surface area contributed by atoms with Crippen LogP contribution in [0, 0.1) is 6.92 Å². The molecule has 1 aromatic heterocycles. The predicted octanol–water partition coefficient (Wildman–Crippen LogP) is 7.67. The molecule has 4 aromatic carbocycles. The average molecular weight is 662 g/mol. The molecule has 0 bridgehead atoms. The van der Waals surface area contributed by atoms with E-state index in [9.17, 15) is 14.7 Å². The van der Waals surface area contributed by atoms with E-state index in [2.05, 4.69) is 34.5 Å². The molecule has 1 N–H and O–H groups in total. The number of ketones is 1. The fraction of sp³-hybridized carbons (Fsp3) is 0.189. The van der Waals surface area contributed by atoms with E-state index < -0.39 is 17.7 Å². The van der Waals surface area contributed by atoms with E-state index >= 15 is 0 Å². The number of rotatable bonds is 9.